The molecule has 0 atom stereocenters. The van der Waals surface area contributed by atoms with E-state index in [0.717, 1.165) is 55.4 Å². The highest BCUT2D eigenvalue weighted by Crippen LogP contribution is 2.25. The number of carbonyl (C=O) groups is 2. The van der Waals surface area contributed by atoms with Crippen molar-refractivity contribution in [2.45, 2.75) is 18.9 Å². The first-order chi connectivity index (χ1) is 19.7. The number of fused-ring (bicyclic) bond motifs is 1. The average molecular weight is 602 g/mol. The van der Waals surface area contributed by atoms with Gasteiger partial charge in [-0.3, -0.25) is 19.0 Å². The number of rotatable bonds is 4. The molecule has 1 fully saturated rings. The molecule has 4 aromatic heterocycles. The Morgan fingerprint density at radius 1 is 0.881 bits per heavy atom. The van der Waals surface area contributed by atoms with E-state index in [1.165, 1.54) is 5.56 Å². The lowest BCUT2D eigenvalue weighted by Gasteiger charge is -2.35. The van der Waals surface area contributed by atoms with Crippen LogP contribution in [0.15, 0.2) is 55.5 Å². The summed E-state index contributed by atoms with van der Waals surface area (Å²) in [5, 5.41) is 18.5. The van der Waals surface area contributed by atoms with Gasteiger partial charge in [0, 0.05) is 81.9 Å². The maximum atomic E-state index is 10.6. The molecule has 2 N–H and O–H groups in total. The van der Waals surface area contributed by atoms with Gasteiger partial charge in [0.2, 0.25) is 0 Å². The molecule has 12 nitrogen and oxygen atoms in total. The first kappa shape index (κ1) is 31.8. The Hall–Kier alpha value is -4.74. The molecule has 0 saturated carbocycles. The number of aliphatic carboxylic acids is 2. The summed E-state index contributed by atoms with van der Waals surface area (Å²) in [4.78, 5) is 36.0. The SMILES string of the molecule is Cn1cc(CN2CCN(c3nccn4c(-c5ccncc5)cnc34)CC2)cn1.O=C(O)C(F)(F)F.O=C(O)C(F)(F)F. The molecule has 0 aliphatic carbocycles. The molecule has 226 valence electrons. The van der Waals surface area contributed by atoms with Crippen LogP contribution in [0.4, 0.5) is 32.2 Å². The van der Waals surface area contributed by atoms with Crippen molar-refractivity contribution in [3.05, 3.63) is 61.1 Å². The van der Waals surface area contributed by atoms with Gasteiger partial charge in [-0.15, -0.1) is 0 Å². The smallest absolute Gasteiger partial charge is 0.475 e. The number of piperazine rings is 1. The van der Waals surface area contributed by atoms with E-state index in [-0.39, 0.29) is 0 Å². The number of carboxylic acid groups (broad SMARTS) is 2. The molecular weight excluding hydrogens is 578 g/mol. The van der Waals surface area contributed by atoms with Crippen molar-refractivity contribution in [2.75, 3.05) is 31.1 Å². The summed E-state index contributed by atoms with van der Waals surface area (Å²) in [6.07, 6.45) is 3.21. The predicted molar refractivity (Wildman–Crippen MR) is 134 cm³/mol. The molecule has 0 radical (unpaired) electrons. The Balaban J connectivity index is 0.000000289. The molecule has 4 aromatic rings. The second-order valence-corrected chi connectivity index (χ2v) is 8.72. The van der Waals surface area contributed by atoms with Gasteiger partial charge in [-0.2, -0.15) is 31.4 Å². The van der Waals surface area contributed by atoms with E-state index in [2.05, 4.69) is 40.4 Å². The summed E-state index contributed by atoms with van der Waals surface area (Å²) >= 11 is 0. The molecule has 0 bridgehead atoms. The van der Waals surface area contributed by atoms with Gasteiger partial charge < -0.3 is 15.1 Å². The normalized spacial score (nSPS) is 14.0. The fourth-order valence-electron chi connectivity index (χ4n) is 3.79. The number of aryl methyl sites for hydroxylation is 1. The van der Waals surface area contributed by atoms with E-state index < -0.39 is 24.3 Å². The molecule has 0 aromatic carbocycles. The minimum Gasteiger partial charge on any atom is -0.475 e. The minimum absolute atomic E-state index is 0.898. The zero-order valence-electron chi connectivity index (χ0n) is 21.8. The van der Waals surface area contributed by atoms with Crippen LogP contribution in [-0.4, -0.2) is 94.7 Å². The predicted octanol–water partition coefficient (Wildman–Crippen LogP) is 3.11. The number of pyridine rings is 1. The second kappa shape index (κ2) is 13.3. The Labute approximate surface area is 233 Å². The van der Waals surface area contributed by atoms with Gasteiger partial charge >= 0.3 is 24.3 Å². The van der Waals surface area contributed by atoms with Gasteiger partial charge in [-0.25, -0.2) is 19.6 Å². The van der Waals surface area contributed by atoms with Crippen molar-refractivity contribution < 1.29 is 46.1 Å². The lowest BCUT2D eigenvalue weighted by atomic mass is 10.2. The summed E-state index contributed by atoms with van der Waals surface area (Å²) in [5.41, 5.74) is 4.30. The zero-order chi connectivity index (χ0) is 31.1. The lowest BCUT2D eigenvalue weighted by Crippen LogP contribution is -2.46. The molecule has 18 heteroatoms. The molecule has 0 unspecified atom stereocenters. The topological polar surface area (TPSA) is 142 Å². The van der Waals surface area contributed by atoms with Crippen LogP contribution in [0.1, 0.15) is 5.56 Å². The maximum Gasteiger partial charge on any atom is 0.490 e. The standard InChI is InChI=1S/C20H22N8.2C2HF3O2/c1-25-14-16(12-24-25)15-26-8-10-27(11-9-26)19-20-23-13-18(28(20)7-6-22-19)17-2-4-21-5-3-17;2*3-2(4,5)1(6)7/h2-7,12-14H,8-11,15H2,1H3;2*(H,6,7). The van der Waals surface area contributed by atoms with Crippen LogP contribution in [0.3, 0.4) is 0 Å². The molecule has 1 aliphatic heterocycles. The van der Waals surface area contributed by atoms with E-state index >= 15 is 0 Å². The van der Waals surface area contributed by atoms with E-state index in [0.29, 0.717) is 0 Å². The molecule has 5 heterocycles. The third-order valence-electron chi connectivity index (χ3n) is 5.71. The summed E-state index contributed by atoms with van der Waals surface area (Å²) in [5.74, 6) is -4.57. The fraction of sp³-hybridized carbons (Fsp3) is 0.333. The molecule has 1 aliphatic rings. The maximum absolute atomic E-state index is 10.6. The molecule has 0 spiro atoms. The van der Waals surface area contributed by atoms with Crippen LogP contribution in [0.5, 0.6) is 0 Å². The number of hydrogen-bond acceptors (Lipinski definition) is 8. The molecule has 5 rings (SSSR count). The summed E-state index contributed by atoms with van der Waals surface area (Å²) in [7, 11) is 1.96. The lowest BCUT2D eigenvalue weighted by molar-refractivity contribution is -0.193. The van der Waals surface area contributed by atoms with Gasteiger partial charge in [0.05, 0.1) is 18.1 Å². The average Bonchev–Trinajstić information content (AvgIpc) is 3.55. The number of imidazole rings is 1. The molecular formula is C24H24F6N8O4. The van der Waals surface area contributed by atoms with Crippen molar-refractivity contribution in [1.82, 2.24) is 34.0 Å². The third-order valence-corrected chi connectivity index (χ3v) is 5.71. The fourth-order valence-corrected chi connectivity index (χ4v) is 3.79. The summed E-state index contributed by atoms with van der Waals surface area (Å²) in [6, 6.07) is 4.00. The Bertz CT molecular complexity index is 1460. The van der Waals surface area contributed by atoms with Gasteiger partial charge in [-0.1, -0.05) is 0 Å². The number of alkyl halides is 6. The number of halogens is 6. The van der Waals surface area contributed by atoms with E-state index in [4.69, 9.17) is 19.8 Å². The third kappa shape index (κ3) is 8.63. The van der Waals surface area contributed by atoms with Crippen molar-refractivity contribution in [1.29, 1.82) is 0 Å². The quantitative estimate of drug-likeness (QED) is 0.335. The van der Waals surface area contributed by atoms with Gasteiger partial charge in [-0.05, 0) is 12.1 Å². The highest BCUT2D eigenvalue weighted by Gasteiger charge is 2.38. The second-order valence-electron chi connectivity index (χ2n) is 8.72. The number of carboxylic acids is 2. The first-order valence-corrected chi connectivity index (χ1v) is 11.9. The first-order valence-electron chi connectivity index (χ1n) is 11.9. The van der Waals surface area contributed by atoms with Crippen molar-refractivity contribution >= 4 is 23.4 Å². The molecule has 1 saturated heterocycles. The Morgan fingerprint density at radius 3 is 1.95 bits per heavy atom. The van der Waals surface area contributed by atoms with Gasteiger partial charge in [0.1, 0.15) is 0 Å². The number of nitrogens with zero attached hydrogens (tertiary/aromatic N) is 8. The molecule has 42 heavy (non-hydrogen) atoms. The Morgan fingerprint density at radius 2 is 1.45 bits per heavy atom. The highest BCUT2D eigenvalue weighted by molar-refractivity contribution is 5.73. The van der Waals surface area contributed by atoms with Crippen molar-refractivity contribution in [3.8, 4) is 11.3 Å². The van der Waals surface area contributed by atoms with Crippen LogP contribution in [0.25, 0.3) is 16.9 Å². The van der Waals surface area contributed by atoms with Crippen LogP contribution >= 0.6 is 0 Å². The number of hydrogen-bond donors (Lipinski definition) is 2. The highest BCUT2D eigenvalue weighted by atomic mass is 19.4. The van der Waals surface area contributed by atoms with E-state index in [9.17, 15) is 26.3 Å². The monoisotopic (exact) mass is 602 g/mol. The van der Waals surface area contributed by atoms with E-state index in [1.807, 2.05) is 48.6 Å². The number of aromatic nitrogens is 6. The van der Waals surface area contributed by atoms with Crippen LogP contribution < -0.4 is 4.90 Å². The summed E-state index contributed by atoms with van der Waals surface area (Å²) in [6.45, 7) is 4.80. The van der Waals surface area contributed by atoms with Crippen LogP contribution in [0, 0.1) is 0 Å². The number of anilines is 1. The minimum atomic E-state index is -5.08. The van der Waals surface area contributed by atoms with Gasteiger partial charge in [0.25, 0.3) is 0 Å². The summed E-state index contributed by atoms with van der Waals surface area (Å²) < 4.78 is 67.4. The van der Waals surface area contributed by atoms with Crippen molar-refractivity contribution in [3.63, 3.8) is 0 Å². The van der Waals surface area contributed by atoms with Gasteiger partial charge in [0.15, 0.2) is 11.5 Å². The van der Waals surface area contributed by atoms with Crippen molar-refractivity contribution in [2.24, 2.45) is 7.05 Å². The largest absolute Gasteiger partial charge is 0.490 e. The van der Waals surface area contributed by atoms with Crippen LogP contribution in [-0.2, 0) is 23.2 Å². The zero-order valence-corrected chi connectivity index (χ0v) is 21.8. The van der Waals surface area contributed by atoms with Crippen LogP contribution in [0.2, 0.25) is 0 Å². The Kier molecular flexibility index (Phi) is 10.1. The van der Waals surface area contributed by atoms with E-state index in [1.54, 1.807) is 12.4 Å². The molecule has 0 amide bonds.